The number of amides is 1. The van der Waals surface area contributed by atoms with Crippen LogP contribution in [0.1, 0.15) is 13.3 Å². The maximum atomic E-state index is 13.2. The lowest BCUT2D eigenvalue weighted by molar-refractivity contribution is -0.120. The Morgan fingerprint density at radius 3 is 2.96 bits per heavy atom. The van der Waals surface area contributed by atoms with Gasteiger partial charge in [-0.3, -0.25) is 4.79 Å². The molecule has 24 heavy (non-hydrogen) atoms. The first-order valence-electron chi connectivity index (χ1n) is 7.68. The highest BCUT2D eigenvalue weighted by Gasteiger charge is 2.24. The van der Waals surface area contributed by atoms with Crippen LogP contribution in [0.15, 0.2) is 47.4 Å². The van der Waals surface area contributed by atoms with Crippen molar-refractivity contribution in [3.8, 4) is 5.75 Å². The molecule has 1 aliphatic rings. The highest BCUT2D eigenvalue weighted by Crippen LogP contribution is 2.37. The quantitative estimate of drug-likeness (QED) is 0.784. The van der Waals surface area contributed by atoms with Crippen molar-refractivity contribution in [3.63, 3.8) is 0 Å². The Balaban J connectivity index is 1.73. The molecule has 0 N–H and O–H groups in total. The Bertz CT molecular complexity index is 756. The molecule has 0 aliphatic carbocycles. The Morgan fingerprint density at radius 1 is 1.38 bits per heavy atom. The Morgan fingerprint density at radius 2 is 2.17 bits per heavy atom. The van der Waals surface area contributed by atoms with E-state index < -0.39 is 5.82 Å². The van der Waals surface area contributed by atoms with E-state index in [1.165, 1.54) is 18.2 Å². The van der Waals surface area contributed by atoms with Crippen LogP contribution in [0, 0.1) is 5.82 Å². The minimum absolute atomic E-state index is 0.0229. The van der Waals surface area contributed by atoms with Crippen molar-refractivity contribution in [1.29, 1.82) is 0 Å². The maximum absolute atomic E-state index is 13.2. The van der Waals surface area contributed by atoms with Gasteiger partial charge in [-0.1, -0.05) is 30.7 Å². The molecule has 1 amide bonds. The van der Waals surface area contributed by atoms with Gasteiger partial charge in [0, 0.05) is 22.8 Å². The number of carbonyl (C=O) groups excluding carboxylic acids is 1. The molecule has 2 aromatic rings. The summed E-state index contributed by atoms with van der Waals surface area (Å²) < 4.78 is 18.7. The number of hydrogen-bond acceptors (Lipinski definition) is 3. The van der Waals surface area contributed by atoms with Gasteiger partial charge in [-0.2, -0.15) is 0 Å². The largest absolute Gasteiger partial charge is 0.484 e. The molecule has 0 saturated heterocycles. The van der Waals surface area contributed by atoms with Gasteiger partial charge in [-0.25, -0.2) is 4.39 Å². The second-order valence-corrected chi connectivity index (χ2v) is 7.48. The molecule has 0 radical (unpaired) electrons. The zero-order valence-corrected chi connectivity index (χ0v) is 14.7. The van der Waals surface area contributed by atoms with Gasteiger partial charge in [0.15, 0.2) is 6.61 Å². The first kappa shape index (κ1) is 17.1. The summed E-state index contributed by atoms with van der Waals surface area (Å²) in [7, 11) is 0. The molecule has 0 bridgehead atoms. The number of thioether (sulfide) groups is 1. The highest BCUT2D eigenvalue weighted by atomic mass is 35.5. The molecule has 1 aliphatic heterocycles. The number of rotatable bonds is 3. The lowest BCUT2D eigenvalue weighted by Gasteiger charge is -2.22. The Hall–Kier alpha value is -1.72. The molecule has 0 saturated carbocycles. The Labute approximate surface area is 149 Å². The molecule has 1 atom stereocenters. The van der Waals surface area contributed by atoms with Gasteiger partial charge in [-0.15, -0.1) is 11.8 Å². The van der Waals surface area contributed by atoms with Gasteiger partial charge in [0.25, 0.3) is 5.91 Å². The predicted octanol–water partition coefficient (Wildman–Crippen LogP) is 4.78. The normalized spacial score (nSPS) is 17.1. The van der Waals surface area contributed by atoms with E-state index in [1.54, 1.807) is 16.7 Å². The number of ether oxygens (including phenoxy) is 1. The monoisotopic (exact) mass is 365 g/mol. The number of nitrogens with zero attached hydrogens (tertiary/aromatic N) is 1. The van der Waals surface area contributed by atoms with Crippen LogP contribution in [0.25, 0.3) is 0 Å². The van der Waals surface area contributed by atoms with Gasteiger partial charge in [-0.05, 0) is 30.7 Å². The molecule has 2 aromatic carbocycles. The van der Waals surface area contributed by atoms with E-state index in [2.05, 4.69) is 6.92 Å². The first-order valence-corrected chi connectivity index (χ1v) is 8.94. The third-order valence-electron chi connectivity index (χ3n) is 3.80. The van der Waals surface area contributed by atoms with E-state index in [-0.39, 0.29) is 17.5 Å². The predicted molar refractivity (Wildman–Crippen MR) is 95.6 cm³/mol. The van der Waals surface area contributed by atoms with E-state index in [4.69, 9.17) is 16.3 Å². The summed E-state index contributed by atoms with van der Waals surface area (Å²) in [5.41, 5.74) is 0.914. The molecule has 0 unspecified atom stereocenters. The summed E-state index contributed by atoms with van der Waals surface area (Å²) in [6.45, 7) is 2.69. The number of hydrogen-bond donors (Lipinski definition) is 0. The zero-order valence-electron chi connectivity index (χ0n) is 13.2. The van der Waals surface area contributed by atoms with Crippen molar-refractivity contribution >= 4 is 35.0 Å². The van der Waals surface area contributed by atoms with Crippen molar-refractivity contribution in [2.75, 3.05) is 18.1 Å². The van der Waals surface area contributed by atoms with Crippen LogP contribution in [0.4, 0.5) is 10.1 Å². The average molecular weight is 366 g/mol. The number of para-hydroxylation sites is 1. The van der Waals surface area contributed by atoms with E-state index in [1.807, 2.05) is 24.3 Å². The van der Waals surface area contributed by atoms with Crippen LogP contribution in [-0.4, -0.2) is 24.3 Å². The van der Waals surface area contributed by atoms with Crippen LogP contribution in [0.2, 0.25) is 5.02 Å². The van der Waals surface area contributed by atoms with Crippen LogP contribution in [0.5, 0.6) is 5.75 Å². The van der Waals surface area contributed by atoms with Gasteiger partial charge >= 0.3 is 0 Å². The summed E-state index contributed by atoms with van der Waals surface area (Å²) >= 11 is 7.51. The molecule has 1 heterocycles. The molecule has 3 nitrogen and oxygen atoms in total. The standard InChI is InChI=1S/C18H17ClFNO2S/c1-12-8-9-21(16-4-2-3-5-17(16)24-12)18(22)11-23-13-6-7-15(20)14(19)10-13/h2-7,10,12H,8-9,11H2,1H3/t12-/m0/s1. The van der Waals surface area contributed by atoms with Crippen LogP contribution >= 0.6 is 23.4 Å². The van der Waals surface area contributed by atoms with Gasteiger partial charge in [0.1, 0.15) is 11.6 Å². The molecular weight excluding hydrogens is 349 g/mol. The lowest BCUT2D eigenvalue weighted by atomic mass is 10.2. The van der Waals surface area contributed by atoms with Crippen LogP contribution in [-0.2, 0) is 4.79 Å². The summed E-state index contributed by atoms with van der Waals surface area (Å²) in [6, 6.07) is 11.9. The topological polar surface area (TPSA) is 29.5 Å². The third kappa shape index (κ3) is 3.84. The van der Waals surface area contributed by atoms with E-state index in [9.17, 15) is 9.18 Å². The first-order chi connectivity index (χ1) is 11.5. The third-order valence-corrected chi connectivity index (χ3v) is 5.32. The van der Waals surface area contributed by atoms with Crippen LogP contribution in [0.3, 0.4) is 0 Å². The van der Waals surface area contributed by atoms with E-state index >= 15 is 0 Å². The number of carbonyl (C=O) groups is 1. The highest BCUT2D eigenvalue weighted by molar-refractivity contribution is 8.00. The van der Waals surface area contributed by atoms with E-state index in [0.29, 0.717) is 17.5 Å². The van der Waals surface area contributed by atoms with Crippen molar-refractivity contribution in [3.05, 3.63) is 53.3 Å². The number of benzene rings is 2. The maximum Gasteiger partial charge on any atom is 0.264 e. The average Bonchev–Trinajstić information content (AvgIpc) is 2.74. The van der Waals surface area contributed by atoms with Gasteiger partial charge in [0.05, 0.1) is 10.7 Å². The fourth-order valence-corrected chi connectivity index (χ4v) is 3.82. The minimum Gasteiger partial charge on any atom is -0.484 e. The smallest absolute Gasteiger partial charge is 0.264 e. The fourth-order valence-electron chi connectivity index (χ4n) is 2.54. The lowest BCUT2D eigenvalue weighted by Crippen LogP contribution is -2.36. The molecule has 0 aromatic heterocycles. The van der Waals surface area contributed by atoms with Crippen LogP contribution < -0.4 is 9.64 Å². The number of anilines is 1. The summed E-state index contributed by atoms with van der Waals surface area (Å²) in [5.74, 6) is -0.263. The van der Waals surface area contributed by atoms with Gasteiger partial charge in [0.2, 0.25) is 0 Å². The van der Waals surface area contributed by atoms with Crippen molar-refractivity contribution in [2.24, 2.45) is 0 Å². The second kappa shape index (κ2) is 7.45. The van der Waals surface area contributed by atoms with Gasteiger partial charge < -0.3 is 9.64 Å². The number of fused-ring (bicyclic) bond motifs is 1. The minimum atomic E-state index is -0.511. The van der Waals surface area contributed by atoms with E-state index in [0.717, 1.165) is 17.0 Å². The summed E-state index contributed by atoms with van der Waals surface area (Å²) in [6.07, 6.45) is 0.910. The van der Waals surface area contributed by atoms with Crippen molar-refractivity contribution < 1.29 is 13.9 Å². The second-order valence-electron chi connectivity index (χ2n) is 5.59. The summed E-state index contributed by atoms with van der Waals surface area (Å²) in [5, 5.41) is 0.422. The van der Waals surface area contributed by atoms with Crippen molar-refractivity contribution in [2.45, 2.75) is 23.5 Å². The Kier molecular flexibility index (Phi) is 5.31. The number of halogens is 2. The van der Waals surface area contributed by atoms with Crippen molar-refractivity contribution in [1.82, 2.24) is 0 Å². The molecule has 126 valence electrons. The molecule has 0 fully saturated rings. The fraction of sp³-hybridized carbons (Fsp3) is 0.278. The zero-order chi connectivity index (χ0) is 17.1. The SMILES string of the molecule is C[C@H]1CCN(C(=O)COc2ccc(F)c(Cl)c2)c2ccccc2S1. The molecule has 6 heteroatoms. The summed E-state index contributed by atoms with van der Waals surface area (Å²) in [4.78, 5) is 15.5. The molecule has 3 rings (SSSR count). The molecular formula is C18H17ClFNO2S. The molecule has 0 spiro atoms.